The van der Waals surface area contributed by atoms with Gasteiger partial charge in [0, 0.05) is 32.6 Å². The van der Waals surface area contributed by atoms with E-state index >= 15 is 0 Å². The van der Waals surface area contributed by atoms with Crippen molar-refractivity contribution in [2.75, 3.05) is 26.2 Å². The van der Waals surface area contributed by atoms with E-state index in [4.69, 9.17) is 4.52 Å². The van der Waals surface area contributed by atoms with E-state index in [1.54, 1.807) is 10.4 Å². The summed E-state index contributed by atoms with van der Waals surface area (Å²) in [6.07, 6.45) is 0.797. The van der Waals surface area contributed by atoms with Crippen LogP contribution in [0.5, 0.6) is 0 Å². The Morgan fingerprint density at radius 3 is 2.52 bits per heavy atom. The van der Waals surface area contributed by atoms with Crippen molar-refractivity contribution >= 4 is 10.0 Å². The molecule has 3 rings (SSSR count). The lowest BCUT2D eigenvalue weighted by molar-refractivity contribution is 0.163. The highest BCUT2D eigenvalue weighted by atomic mass is 32.2. The van der Waals surface area contributed by atoms with Gasteiger partial charge in [0.15, 0.2) is 5.82 Å². The third kappa shape index (κ3) is 4.75. The quantitative estimate of drug-likeness (QED) is 0.751. The molecule has 1 aromatic carbocycles. The molecule has 8 heteroatoms. The van der Waals surface area contributed by atoms with Crippen molar-refractivity contribution in [1.82, 2.24) is 19.3 Å². The number of nitrogens with zero attached hydrogens (tertiary/aromatic N) is 4. The molecule has 0 amide bonds. The topological polar surface area (TPSA) is 79.5 Å². The standard InChI is InChI=1S/C19H28N4O3S/c1-14(2)11-18-20-19(26-21-18)13-22-7-9-23(10-8-22)27(24,25)17-12-15(3)5-6-16(17)4/h5-6,12,14H,7-11,13H2,1-4H3. The molecule has 0 atom stereocenters. The molecule has 0 N–H and O–H groups in total. The zero-order valence-electron chi connectivity index (χ0n) is 16.5. The van der Waals surface area contributed by atoms with Crippen molar-refractivity contribution in [3.63, 3.8) is 0 Å². The van der Waals surface area contributed by atoms with Crippen molar-refractivity contribution in [2.45, 2.75) is 45.6 Å². The van der Waals surface area contributed by atoms with Crippen LogP contribution in [0.25, 0.3) is 0 Å². The number of aryl methyl sites for hydroxylation is 2. The number of benzene rings is 1. The van der Waals surface area contributed by atoms with E-state index in [-0.39, 0.29) is 0 Å². The first-order valence-electron chi connectivity index (χ1n) is 9.37. The minimum Gasteiger partial charge on any atom is -0.338 e. The molecule has 1 saturated heterocycles. The Morgan fingerprint density at radius 2 is 1.85 bits per heavy atom. The molecule has 0 aliphatic carbocycles. The summed E-state index contributed by atoms with van der Waals surface area (Å²) in [5.41, 5.74) is 1.73. The molecule has 0 bridgehead atoms. The summed E-state index contributed by atoms with van der Waals surface area (Å²) in [7, 11) is -3.47. The number of aromatic nitrogens is 2. The van der Waals surface area contributed by atoms with E-state index in [2.05, 4.69) is 28.9 Å². The molecular weight excluding hydrogens is 364 g/mol. The Bertz CT molecular complexity index is 884. The highest BCUT2D eigenvalue weighted by Gasteiger charge is 2.30. The lowest BCUT2D eigenvalue weighted by atomic mass is 10.1. The molecule has 0 saturated carbocycles. The van der Waals surface area contributed by atoms with E-state index in [0.29, 0.717) is 49.4 Å². The minimum atomic E-state index is -3.47. The van der Waals surface area contributed by atoms with Crippen LogP contribution in [-0.2, 0) is 23.0 Å². The number of sulfonamides is 1. The van der Waals surface area contributed by atoms with E-state index in [1.165, 1.54) is 0 Å². The van der Waals surface area contributed by atoms with Gasteiger partial charge in [0.25, 0.3) is 0 Å². The normalized spacial score (nSPS) is 16.9. The van der Waals surface area contributed by atoms with E-state index in [9.17, 15) is 8.42 Å². The summed E-state index contributed by atoms with van der Waals surface area (Å²) >= 11 is 0. The second-order valence-electron chi connectivity index (χ2n) is 7.65. The number of hydrogen-bond acceptors (Lipinski definition) is 6. The molecule has 0 spiro atoms. The predicted molar refractivity (Wildman–Crippen MR) is 103 cm³/mol. The van der Waals surface area contributed by atoms with Crippen molar-refractivity contribution in [3.05, 3.63) is 41.0 Å². The number of hydrogen-bond donors (Lipinski definition) is 0. The fraction of sp³-hybridized carbons (Fsp3) is 0.579. The minimum absolute atomic E-state index is 0.408. The van der Waals surface area contributed by atoms with Gasteiger partial charge in [-0.25, -0.2) is 8.42 Å². The highest BCUT2D eigenvalue weighted by molar-refractivity contribution is 7.89. The number of rotatable bonds is 6. The molecule has 1 aromatic heterocycles. The van der Waals surface area contributed by atoms with Crippen molar-refractivity contribution < 1.29 is 12.9 Å². The van der Waals surface area contributed by atoms with Crippen LogP contribution in [0.15, 0.2) is 27.6 Å². The summed E-state index contributed by atoms with van der Waals surface area (Å²) in [6, 6.07) is 5.55. The van der Waals surface area contributed by atoms with Crippen LogP contribution in [0, 0.1) is 19.8 Å². The Hall–Kier alpha value is -1.77. The van der Waals surface area contributed by atoms with Gasteiger partial charge in [-0.15, -0.1) is 0 Å². The van der Waals surface area contributed by atoms with E-state index in [0.717, 1.165) is 23.4 Å². The summed E-state index contributed by atoms with van der Waals surface area (Å²) in [6.45, 7) is 10.8. The molecule has 7 nitrogen and oxygen atoms in total. The van der Waals surface area contributed by atoms with Crippen LogP contribution in [0.1, 0.15) is 36.7 Å². The average molecular weight is 393 g/mol. The highest BCUT2D eigenvalue weighted by Crippen LogP contribution is 2.22. The first kappa shape index (κ1) is 20.0. The van der Waals surface area contributed by atoms with Gasteiger partial charge in [0.2, 0.25) is 15.9 Å². The predicted octanol–water partition coefficient (Wildman–Crippen LogP) is 2.39. The Kier molecular flexibility index (Phi) is 5.98. The summed E-state index contributed by atoms with van der Waals surface area (Å²) in [5.74, 6) is 1.81. The Balaban J connectivity index is 1.61. The van der Waals surface area contributed by atoms with Crippen LogP contribution < -0.4 is 0 Å². The van der Waals surface area contributed by atoms with Gasteiger partial charge in [-0.2, -0.15) is 9.29 Å². The smallest absolute Gasteiger partial charge is 0.243 e. The Morgan fingerprint density at radius 1 is 1.15 bits per heavy atom. The Labute approximate surface area is 161 Å². The largest absolute Gasteiger partial charge is 0.338 e. The lowest BCUT2D eigenvalue weighted by Crippen LogP contribution is -2.48. The second-order valence-corrected chi connectivity index (χ2v) is 9.56. The molecule has 27 heavy (non-hydrogen) atoms. The molecule has 2 aromatic rings. The SMILES string of the molecule is Cc1ccc(C)c(S(=O)(=O)N2CCN(Cc3nc(CC(C)C)no3)CC2)c1. The van der Waals surface area contributed by atoms with Gasteiger partial charge in [0.1, 0.15) is 0 Å². The maximum absolute atomic E-state index is 13.0. The maximum Gasteiger partial charge on any atom is 0.243 e. The van der Waals surface area contributed by atoms with Gasteiger partial charge in [-0.05, 0) is 37.0 Å². The van der Waals surface area contributed by atoms with Crippen LogP contribution >= 0.6 is 0 Å². The zero-order chi connectivity index (χ0) is 19.6. The van der Waals surface area contributed by atoms with Gasteiger partial charge < -0.3 is 4.52 Å². The van der Waals surface area contributed by atoms with Crippen LogP contribution in [0.4, 0.5) is 0 Å². The van der Waals surface area contributed by atoms with Gasteiger partial charge >= 0.3 is 0 Å². The zero-order valence-corrected chi connectivity index (χ0v) is 17.3. The maximum atomic E-state index is 13.0. The molecule has 1 aliphatic heterocycles. The number of piperazine rings is 1. The fourth-order valence-electron chi connectivity index (χ4n) is 3.25. The summed E-state index contributed by atoms with van der Waals surface area (Å²) in [5, 5.41) is 4.01. The van der Waals surface area contributed by atoms with Crippen molar-refractivity contribution in [1.29, 1.82) is 0 Å². The second kappa shape index (κ2) is 8.08. The van der Waals surface area contributed by atoms with Crippen LogP contribution in [-0.4, -0.2) is 53.9 Å². The van der Waals surface area contributed by atoms with Crippen LogP contribution in [0.3, 0.4) is 0 Å². The van der Waals surface area contributed by atoms with Gasteiger partial charge in [0.05, 0.1) is 11.4 Å². The van der Waals surface area contributed by atoms with E-state index < -0.39 is 10.0 Å². The average Bonchev–Trinajstić information content (AvgIpc) is 3.03. The molecule has 148 valence electrons. The third-order valence-electron chi connectivity index (χ3n) is 4.75. The van der Waals surface area contributed by atoms with Crippen molar-refractivity contribution in [3.8, 4) is 0 Å². The lowest BCUT2D eigenvalue weighted by Gasteiger charge is -2.33. The molecule has 2 heterocycles. The monoisotopic (exact) mass is 392 g/mol. The molecule has 0 unspecified atom stereocenters. The third-order valence-corrected chi connectivity index (χ3v) is 6.79. The molecular formula is C19H28N4O3S. The summed E-state index contributed by atoms with van der Waals surface area (Å²) in [4.78, 5) is 6.99. The first-order valence-corrected chi connectivity index (χ1v) is 10.8. The van der Waals surface area contributed by atoms with E-state index in [1.807, 2.05) is 26.0 Å². The first-order chi connectivity index (χ1) is 12.8. The molecule has 1 fully saturated rings. The summed E-state index contributed by atoms with van der Waals surface area (Å²) < 4.78 is 32.9. The van der Waals surface area contributed by atoms with Crippen molar-refractivity contribution in [2.24, 2.45) is 5.92 Å². The van der Waals surface area contributed by atoms with Gasteiger partial charge in [-0.3, -0.25) is 4.90 Å². The van der Waals surface area contributed by atoms with Gasteiger partial charge in [-0.1, -0.05) is 31.1 Å². The molecule has 1 aliphatic rings. The van der Waals surface area contributed by atoms with Crippen LogP contribution in [0.2, 0.25) is 0 Å². The molecule has 0 radical (unpaired) electrons. The fourth-order valence-corrected chi connectivity index (χ4v) is 4.98.